The van der Waals surface area contributed by atoms with E-state index in [1.807, 2.05) is 0 Å². The third-order valence-electron chi connectivity index (χ3n) is 1.70. The number of carbonyl (C=O) groups is 1. The van der Waals surface area contributed by atoms with Gasteiger partial charge in [0.05, 0.1) is 15.7 Å². The van der Waals surface area contributed by atoms with Gasteiger partial charge in [-0.15, -0.1) is 0 Å². The van der Waals surface area contributed by atoms with Crippen LogP contribution in [0.2, 0.25) is 10.0 Å². The number of anilines is 1. The van der Waals surface area contributed by atoms with E-state index in [9.17, 15) is 4.79 Å². The number of halogens is 2. The summed E-state index contributed by atoms with van der Waals surface area (Å²) < 4.78 is 0. The largest absolute Gasteiger partial charge is 0.465 e. The fourth-order valence-electron chi connectivity index (χ4n) is 1.00. The number of nitrogens with one attached hydrogen (secondary N) is 3. The zero-order valence-corrected chi connectivity index (χ0v) is 9.77. The third kappa shape index (κ3) is 4.14. The molecule has 0 aliphatic rings. The second-order valence-corrected chi connectivity index (χ2v) is 3.69. The number of amides is 1. The Balaban J connectivity index is 2.34. The molecule has 0 spiro atoms. The molecule has 0 atom stereocenters. The first-order valence-corrected chi connectivity index (χ1v) is 5.26. The number of hydrazine groups is 1. The number of para-hydroxylation sites is 1. The Hall–Kier alpha value is -1.17. The molecular weight excluding hydrogens is 253 g/mol. The smallest absolute Gasteiger partial charge is 0.404 e. The summed E-state index contributed by atoms with van der Waals surface area (Å²) in [6.07, 6.45) is -1.06. The van der Waals surface area contributed by atoms with Gasteiger partial charge in [0.15, 0.2) is 0 Å². The molecule has 1 aromatic rings. The zero-order valence-electron chi connectivity index (χ0n) is 8.26. The van der Waals surface area contributed by atoms with E-state index in [0.717, 1.165) is 0 Å². The van der Waals surface area contributed by atoms with Crippen molar-refractivity contribution in [2.24, 2.45) is 0 Å². The maximum Gasteiger partial charge on any atom is 0.404 e. The van der Waals surface area contributed by atoms with Gasteiger partial charge in [-0.25, -0.2) is 10.2 Å². The lowest BCUT2D eigenvalue weighted by Gasteiger charge is -2.11. The van der Waals surface area contributed by atoms with Gasteiger partial charge in [-0.2, -0.15) is 0 Å². The topological polar surface area (TPSA) is 73.4 Å². The Bertz CT molecular complexity index is 354. The van der Waals surface area contributed by atoms with Gasteiger partial charge in [0.1, 0.15) is 0 Å². The molecule has 0 aliphatic carbocycles. The van der Waals surface area contributed by atoms with Crippen LogP contribution in [0.4, 0.5) is 10.5 Å². The number of hydrogen-bond donors (Lipinski definition) is 4. The second kappa shape index (κ2) is 6.42. The lowest BCUT2D eigenvalue weighted by atomic mass is 10.3. The molecule has 7 heteroatoms. The van der Waals surface area contributed by atoms with Gasteiger partial charge in [-0.3, -0.25) is 0 Å². The second-order valence-electron chi connectivity index (χ2n) is 2.88. The Labute approximate surface area is 103 Å². The minimum Gasteiger partial charge on any atom is -0.465 e. The summed E-state index contributed by atoms with van der Waals surface area (Å²) in [5.74, 6) is 0. The molecule has 0 bridgehead atoms. The first-order chi connectivity index (χ1) is 7.61. The van der Waals surface area contributed by atoms with Crippen molar-refractivity contribution in [3.63, 3.8) is 0 Å². The fraction of sp³-hybridized carbons (Fsp3) is 0.222. The molecule has 0 saturated heterocycles. The van der Waals surface area contributed by atoms with Crippen LogP contribution in [-0.4, -0.2) is 24.3 Å². The van der Waals surface area contributed by atoms with Crippen molar-refractivity contribution >= 4 is 35.0 Å². The summed E-state index contributed by atoms with van der Waals surface area (Å²) in [6.45, 7) is 0.693. The van der Waals surface area contributed by atoms with Crippen molar-refractivity contribution in [2.75, 3.05) is 18.5 Å². The van der Waals surface area contributed by atoms with Crippen molar-refractivity contribution in [1.82, 2.24) is 10.7 Å². The molecule has 0 saturated carbocycles. The maximum absolute atomic E-state index is 10.1. The molecule has 0 aliphatic heterocycles. The van der Waals surface area contributed by atoms with Crippen molar-refractivity contribution in [2.45, 2.75) is 0 Å². The first kappa shape index (κ1) is 12.9. The van der Waals surface area contributed by atoms with E-state index >= 15 is 0 Å². The van der Waals surface area contributed by atoms with Gasteiger partial charge in [0.25, 0.3) is 0 Å². The van der Waals surface area contributed by atoms with Crippen LogP contribution in [0, 0.1) is 0 Å². The van der Waals surface area contributed by atoms with Crippen LogP contribution >= 0.6 is 23.2 Å². The first-order valence-electron chi connectivity index (χ1n) is 4.51. The summed E-state index contributed by atoms with van der Waals surface area (Å²) >= 11 is 11.8. The number of rotatable bonds is 5. The highest BCUT2D eigenvalue weighted by Gasteiger charge is 2.03. The number of carboxylic acid groups (broad SMARTS) is 1. The van der Waals surface area contributed by atoms with E-state index in [-0.39, 0.29) is 6.54 Å². The van der Waals surface area contributed by atoms with E-state index in [0.29, 0.717) is 22.3 Å². The summed E-state index contributed by atoms with van der Waals surface area (Å²) in [5.41, 5.74) is 6.17. The van der Waals surface area contributed by atoms with Gasteiger partial charge in [0, 0.05) is 13.1 Å². The number of hydrogen-bond acceptors (Lipinski definition) is 3. The molecule has 1 amide bonds. The molecule has 0 aromatic heterocycles. The SMILES string of the molecule is O=C(O)NCCNNc1c(Cl)cccc1Cl. The van der Waals surface area contributed by atoms with E-state index in [2.05, 4.69) is 16.2 Å². The van der Waals surface area contributed by atoms with Gasteiger partial charge in [-0.1, -0.05) is 29.3 Å². The van der Waals surface area contributed by atoms with Crippen LogP contribution < -0.4 is 16.2 Å². The fourth-order valence-corrected chi connectivity index (χ4v) is 1.49. The highest BCUT2D eigenvalue weighted by Crippen LogP contribution is 2.28. The highest BCUT2D eigenvalue weighted by molar-refractivity contribution is 6.39. The van der Waals surface area contributed by atoms with Gasteiger partial charge < -0.3 is 15.8 Å². The van der Waals surface area contributed by atoms with Crippen molar-refractivity contribution in [1.29, 1.82) is 0 Å². The molecule has 5 nitrogen and oxygen atoms in total. The van der Waals surface area contributed by atoms with Crippen LogP contribution in [0.5, 0.6) is 0 Å². The van der Waals surface area contributed by atoms with E-state index in [4.69, 9.17) is 28.3 Å². The lowest BCUT2D eigenvalue weighted by molar-refractivity contribution is 0.194. The minimum atomic E-state index is -1.06. The monoisotopic (exact) mass is 263 g/mol. The molecule has 1 aromatic carbocycles. The van der Waals surface area contributed by atoms with Crippen molar-refractivity contribution < 1.29 is 9.90 Å². The summed E-state index contributed by atoms with van der Waals surface area (Å²) in [6, 6.07) is 5.14. The van der Waals surface area contributed by atoms with Gasteiger partial charge >= 0.3 is 6.09 Å². The molecule has 4 N–H and O–H groups in total. The van der Waals surface area contributed by atoms with Crippen LogP contribution in [0.15, 0.2) is 18.2 Å². The van der Waals surface area contributed by atoms with Gasteiger partial charge in [-0.05, 0) is 12.1 Å². The van der Waals surface area contributed by atoms with E-state index < -0.39 is 6.09 Å². The van der Waals surface area contributed by atoms with Crippen LogP contribution in [0.1, 0.15) is 0 Å². The standard InChI is InChI=1S/C9H11Cl2N3O2/c10-6-2-1-3-7(11)8(6)14-13-5-4-12-9(15)16/h1-3,12-14H,4-5H2,(H,15,16). The molecular formula is C9H11Cl2N3O2. The molecule has 0 fully saturated rings. The van der Waals surface area contributed by atoms with E-state index in [1.54, 1.807) is 18.2 Å². The Morgan fingerprint density at radius 2 is 1.88 bits per heavy atom. The zero-order chi connectivity index (χ0) is 12.0. The average molecular weight is 264 g/mol. The van der Waals surface area contributed by atoms with Crippen molar-refractivity contribution in [3.05, 3.63) is 28.2 Å². The summed E-state index contributed by atoms with van der Waals surface area (Å²) in [7, 11) is 0. The Kier molecular flexibility index (Phi) is 5.18. The van der Waals surface area contributed by atoms with Crippen LogP contribution in [0.3, 0.4) is 0 Å². The highest BCUT2D eigenvalue weighted by atomic mass is 35.5. The molecule has 0 heterocycles. The quantitative estimate of drug-likeness (QED) is 0.486. The van der Waals surface area contributed by atoms with Crippen LogP contribution in [-0.2, 0) is 0 Å². The molecule has 0 unspecified atom stereocenters. The van der Waals surface area contributed by atoms with Crippen LogP contribution in [0.25, 0.3) is 0 Å². The molecule has 88 valence electrons. The third-order valence-corrected chi connectivity index (χ3v) is 2.33. The Morgan fingerprint density at radius 1 is 1.25 bits per heavy atom. The predicted octanol–water partition coefficient (Wildman–Crippen LogP) is 2.18. The van der Waals surface area contributed by atoms with Crippen molar-refractivity contribution in [3.8, 4) is 0 Å². The molecule has 16 heavy (non-hydrogen) atoms. The molecule has 0 radical (unpaired) electrons. The maximum atomic E-state index is 10.1. The average Bonchev–Trinajstić information content (AvgIpc) is 2.21. The van der Waals surface area contributed by atoms with Gasteiger partial charge in [0.2, 0.25) is 0 Å². The minimum absolute atomic E-state index is 0.282. The summed E-state index contributed by atoms with van der Waals surface area (Å²) in [4.78, 5) is 10.1. The molecule has 1 rings (SSSR count). The normalized spacial score (nSPS) is 9.88. The number of benzene rings is 1. The van der Waals surface area contributed by atoms with E-state index in [1.165, 1.54) is 0 Å². The lowest BCUT2D eigenvalue weighted by Crippen LogP contribution is -2.33. The predicted molar refractivity (Wildman–Crippen MR) is 64.1 cm³/mol. The Morgan fingerprint density at radius 3 is 2.44 bits per heavy atom. The summed E-state index contributed by atoms with van der Waals surface area (Å²) in [5, 5.41) is 11.5.